The zero-order valence-electron chi connectivity index (χ0n) is 19.9. The molecule has 38 heavy (non-hydrogen) atoms. The number of carbonyl (C=O) groups is 3. The largest absolute Gasteiger partial charge is 0.397 e. The molecule has 5 aromatic rings. The summed E-state index contributed by atoms with van der Waals surface area (Å²) in [7, 11) is 0. The molecule has 10 heteroatoms. The second-order valence-electron chi connectivity index (χ2n) is 8.28. The first-order valence-electron chi connectivity index (χ1n) is 11.6. The van der Waals surface area contributed by atoms with E-state index >= 15 is 0 Å². The summed E-state index contributed by atoms with van der Waals surface area (Å²) in [6.45, 7) is 0. The van der Waals surface area contributed by atoms with Crippen molar-refractivity contribution in [2.24, 2.45) is 0 Å². The lowest BCUT2D eigenvalue weighted by Crippen LogP contribution is -2.33. The number of carbonyl (C=O) groups excluding carboxylic acids is 3. The van der Waals surface area contributed by atoms with Gasteiger partial charge in [-0.1, -0.05) is 48.5 Å². The minimum Gasteiger partial charge on any atom is -0.397 e. The molecule has 5 rings (SSSR count). The summed E-state index contributed by atoms with van der Waals surface area (Å²) in [6, 6.07) is 26.2. The average Bonchev–Trinajstić information content (AvgIpc) is 3.35. The molecule has 2 heterocycles. The van der Waals surface area contributed by atoms with Crippen LogP contribution >= 0.6 is 11.3 Å². The monoisotopic (exact) mass is 522 g/mol. The zero-order chi connectivity index (χ0) is 26.5. The van der Waals surface area contributed by atoms with Crippen LogP contribution in [0.1, 0.15) is 21.4 Å². The minimum atomic E-state index is -1.34. The third-order valence-corrected chi connectivity index (χ3v) is 6.63. The van der Waals surface area contributed by atoms with E-state index in [2.05, 4.69) is 25.9 Å². The van der Waals surface area contributed by atoms with Crippen LogP contribution in [0.4, 0.5) is 22.7 Å². The summed E-state index contributed by atoms with van der Waals surface area (Å²) in [6.07, 6.45) is 1.50. The Morgan fingerprint density at radius 3 is 1.95 bits per heavy atom. The number of aromatic nitrogens is 2. The molecule has 0 saturated carbocycles. The Balaban J connectivity index is 1.45. The van der Waals surface area contributed by atoms with Crippen LogP contribution < -0.4 is 21.7 Å². The highest BCUT2D eigenvalue weighted by molar-refractivity contribution is 7.20. The van der Waals surface area contributed by atoms with E-state index in [1.54, 1.807) is 78.9 Å². The molecule has 2 aromatic heterocycles. The number of para-hydroxylation sites is 4. The smallest absolute Gasteiger partial charge is 0.265 e. The predicted molar refractivity (Wildman–Crippen MR) is 149 cm³/mol. The highest BCUT2D eigenvalue weighted by Crippen LogP contribution is 2.28. The molecule has 0 radical (unpaired) electrons. The Bertz CT molecular complexity index is 1570. The van der Waals surface area contributed by atoms with Crippen molar-refractivity contribution in [1.29, 1.82) is 0 Å². The quantitative estimate of drug-likeness (QED) is 0.177. The molecule has 0 fully saturated rings. The first kappa shape index (κ1) is 24.6. The summed E-state index contributed by atoms with van der Waals surface area (Å²) >= 11 is 1.13. The summed E-state index contributed by atoms with van der Waals surface area (Å²) in [5.74, 6) is -2.85. The maximum Gasteiger partial charge on any atom is 0.265 e. The van der Waals surface area contributed by atoms with E-state index in [0.29, 0.717) is 37.8 Å². The molecule has 3 amide bonds. The third kappa shape index (κ3) is 5.50. The summed E-state index contributed by atoms with van der Waals surface area (Å²) in [5.41, 5.74) is 7.94. The first-order chi connectivity index (χ1) is 18.5. The van der Waals surface area contributed by atoms with Crippen molar-refractivity contribution in [2.45, 2.75) is 5.92 Å². The van der Waals surface area contributed by atoms with Gasteiger partial charge in [-0.15, -0.1) is 11.3 Å². The van der Waals surface area contributed by atoms with Gasteiger partial charge >= 0.3 is 0 Å². The van der Waals surface area contributed by atoms with Gasteiger partial charge in [0.1, 0.15) is 4.83 Å². The third-order valence-electron chi connectivity index (χ3n) is 5.59. The Morgan fingerprint density at radius 2 is 1.34 bits per heavy atom. The van der Waals surface area contributed by atoms with Crippen molar-refractivity contribution in [1.82, 2.24) is 9.97 Å². The highest BCUT2D eigenvalue weighted by Gasteiger charge is 2.32. The molecule has 3 aromatic carbocycles. The van der Waals surface area contributed by atoms with Gasteiger partial charge in [0.15, 0.2) is 11.7 Å². The number of nitrogens with one attached hydrogen (secondary N) is 3. The van der Waals surface area contributed by atoms with E-state index in [1.165, 1.54) is 6.20 Å². The van der Waals surface area contributed by atoms with Crippen LogP contribution in [0.25, 0.3) is 10.2 Å². The number of anilines is 4. The number of nitrogens with two attached hydrogens (primary N) is 1. The summed E-state index contributed by atoms with van der Waals surface area (Å²) in [4.78, 5) is 49.1. The molecule has 9 nitrogen and oxygen atoms in total. The number of fused-ring (bicyclic) bond motifs is 1. The number of benzene rings is 3. The molecule has 188 valence electrons. The molecule has 0 aliphatic rings. The number of nitrogens with zero attached hydrogens (tertiary/aromatic N) is 2. The second-order valence-corrected chi connectivity index (χ2v) is 9.31. The molecular weight excluding hydrogens is 500 g/mol. The number of amides is 3. The first-order valence-corrected chi connectivity index (χ1v) is 12.4. The van der Waals surface area contributed by atoms with Crippen LogP contribution in [0.5, 0.6) is 0 Å². The zero-order valence-corrected chi connectivity index (χ0v) is 20.7. The lowest BCUT2D eigenvalue weighted by Gasteiger charge is -2.16. The molecule has 0 saturated heterocycles. The number of hydrogen-bond acceptors (Lipinski definition) is 7. The minimum absolute atomic E-state index is 0.0143. The van der Waals surface area contributed by atoms with Gasteiger partial charge in [-0.25, -0.2) is 9.97 Å². The highest BCUT2D eigenvalue weighted by atomic mass is 32.1. The Labute approximate surface area is 221 Å². The lowest BCUT2D eigenvalue weighted by molar-refractivity contribution is -0.126. The molecule has 0 aliphatic heterocycles. The normalized spacial score (nSPS) is 10.8. The van der Waals surface area contributed by atoms with Crippen molar-refractivity contribution in [3.05, 3.63) is 108 Å². The molecule has 0 aliphatic carbocycles. The number of thiophene rings is 1. The van der Waals surface area contributed by atoms with Gasteiger partial charge in [0.2, 0.25) is 11.8 Å². The van der Waals surface area contributed by atoms with Gasteiger partial charge in [-0.3, -0.25) is 14.4 Å². The molecule has 0 spiro atoms. The van der Waals surface area contributed by atoms with Crippen LogP contribution in [-0.4, -0.2) is 27.7 Å². The number of rotatable bonds is 7. The van der Waals surface area contributed by atoms with Gasteiger partial charge < -0.3 is 21.7 Å². The maximum absolute atomic E-state index is 13.3. The van der Waals surface area contributed by atoms with Crippen LogP contribution in [0, 0.1) is 0 Å². The Hall–Kier alpha value is -5.09. The molecule has 0 atom stereocenters. The number of nitrogen functional groups attached to an aromatic ring is 1. The van der Waals surface area contributed by atoms with Gasteiger partial charge in [0, 0.05) is 23.0 Å². The summed E-state index contributed by atoms with van der Waals surface area (Å²) < 4.78 is 0. The van der Waals surface area contributed by atoms with E-state index in [-0.39, 0.29) is 11.7 Å². The van der Waals surface area contributed by atoms with E-state index in [4.69, 9.17) is 5.73 Å². The van der Waals surface area contributed by atoms with E-state index < -0.39 is 17.7 Å². The summed E-state index contributed by atoms with van der Waals surface area (Å²) in [5, 5.41) is 8.91. The molecule has 0 bridgehead atoms. The molecule has 5 N–H and O–H groups in total. The predicted octanol–water partition coefficient (Wildman–Crippen LogP) is 4.89. The van der Waals surface area contributed by atoms with Crippen molar-refractivity contribution >= 4 is 62.0 Å². The maximum atomic E-state index is 13.3. The van der Waals surface area contributed by atoms with Crippen molar-refractivity contribution in [2.75, 3.05) is 21.7 Å². The Morgan fingerprint density at radius 1 is 0.763 bits per heavy atom. The van der Waals surface area contributed by atoms with Crippen LogP contribution in [0.3, 0.4) is 0 Å². The fourth-order valence-corrected chi connectivity index (χ4v) is 4.62. The fraction of sp³-hybridized carbons (Fsp3) is 0.0357. The van der Waals surface area contributed by atoms with Crippen LogP contribution in [-0.2, 0) is 9.59 Å². The van der Waals surface area contributed by atoms with Gasteiger partial charge in [-0.05, 0) is 42.5 Å². The van der Waals surface area contributed by atoms with Gasteiger partial charge in [0.25, 0.3) is 5.91 Å². The molecular formula is C28H22N6O3S. The molecule has 0 unspecified atom stereocenters. The van der Waals surface area contributed by atoms with Crippen LogP contribution in [0.2, 0.25) is 0 Å². The van der Waals surface area contributed by atoms with E-state index in [0.717, 1.165) is 11.3 Å². The Kier molecular flexibility index (Phi) is 7.05. The fourth-order valence-electron chi connectivity index (χ4n) is 3.72. The van der Waals surface area contributed by atoms with Gasteiger partial charge in [-0.2, -0.15) is 0 Å². The van der Waals surface area contributed by atoms with Crippen molar-refractivity contribution in [3.63, 3.8) is 0 Å². The van der Waals surface area contributed by atoms with Crippen molar-refractivity contribution < 1.29 is 14.4 Å². The lowest BCUT2D eigenvalue weighted by atomic mass is 10.1. The second kappa shape index (κ2) is 10.9. The standard InChI is InChI=1S/C28H22N6O3S/c29-20-13-7-8-14-21(20)33-25(35)22-15-17-16-30-24(34-28(17)38-22)23(26(36)31-18-9-3-1-4-10-18)27(37)32-19-11-5-2-6-12-19/h1-16,23H,29H2,(H,31,36)(H,32,37)(H,33,35). The van der Waals surface area contributed by atoms with E-state index in [9.17, 15) is 14.4 Å². The van der Waals surface area contributed by atoms with Crippen molar-refractivity contribution in [3.8, 4) is 0 Å². The SMILES string of the molecule is Nc1ccccc1NC(=O)c1cc2cnc(C(C(=O)Nc3ccccc3)C(=O)Nc3ccccc3)nc2s1. The van der Waals surface area contributed by atoms with E-state index in [1.807, 2.05) is 12.1 Å². The van der Waals surface area contributed by atoms with Crippen LogP contribution in [0.15, 0.2) is 97.2 Å². The average molecular weight is 523 g/mol. The van der Waals surface area contributed by atoms with Gasteiger partial charge in [0.05, 0.1) is 16.3 Å². The number of hydrogen-bond donors (Lipinski definition) is 4. The topological polar surface area (TPSA) is 139 Å².